The molecule has 0 spiro atoms. The number of amides is 1. The Hall–Kier alpha value is -2.46. The second kappa shape index (κ2) is 12.9. The van der Waals surface area contributed by atoms with Gasteiger partial charge in [0.05, 0.1) is 6.10 Å². The van der Waals surface area contributed by atoms with Gasteiger partial charge >= 0.3 is 0 Å². The Morgan fingerprint density at radius 1 is 1.24 bits per heavy atom. The zero-order valence-electron chi connectivity index (χ0n) is 17.3. The van der Waals surface area contributed by atoms with Crippen LogP contribution in [0.1, 0.15) is 51.0 Å². The maximum Gasteiger partial charge on any atom is 0.219 e. The molecule has 0 aromatic heterocycles. The molecule has 1 aromatic rings. The molecule has 1 aliphatic carbocycles. The zero-order chi connectivity index (χ0) is 20.9. The number of allylic oxidation sites excluding steroid dienone is 5. The molecular weight excluding hydrogens is 362 g/mol. The van der Waals surface area contributed by atoms with Crippen molar-refractivity contribution in [3.05, 3.63) is 71.8 Å². The molecule has 1 aromatic carbocycles. The maximum absolute atomic E-state index is 12.1. The lowest BCUT2D eigenvalue weighted by Crippen LogP contribution is -2.21. The summed E-state index contributed by atoms with van der Waals surface area (Å²) in [7, 11) is 0. The van der Waals surface area contributed by atoms with Crippen LogP contribution in [0.4, 0.5) is 0 Å². The quantitative estimate of drug-likeness (QED) is 0.315. The van der Waals surface area contributed by atoms with Crippen LogP contribution >= 0.6 is 0 Å². The number of unbranched alkanes of at least 4 members (excludes halogenated alkanes) is 1. The Morgan fingerprint density at radius 2 is 2.03 bits per heavy atom. The van der Waals surface area contributed by atoms with Crippen LogP contribution in [0.15, 0.2) is 66.3 Å². The van der Waals surface area contributed by atoms with E-state index in [0.29, 0.717) is 25.8 Å². The molecule has 156 valence electrons. The Bertz CT molecular complexity index is 734. The summed E-state index contributed by atoms with van der Waals surface area (Å²) in [5.74, 6) is 0.236. The minimum atomic E-state index is -0.443. The maximum atomic E-state index is 12.1. The van der Waals surface area contributed by atoms with Crippen molar-refractivity contribution in [3.8, 4) is 0 Å². The van der Waals surface area contributed by atoms with Gasteiger partial charge in [-0.1, -0.05) is 54.6 Å². The average molecular weight is 396 g/mol. The summed E-state index contributed by atoms with van der Waals surface area (Å²) in [5, 5.41) is 13.1. The number of ketones is 1. The minimum Gasteiger partial charge on any atom is -0.393 e. The van der Waals surface area contributed by atoms with Crippen LogP contribution in [-0.2, 0) is 16.0 Å². The van der Waals surface area contributed by atoms with Gasteiger partial charge in [-0.15, -0.1) is 0 Å². The first kappa shape index (κ1) is 22.8. The normalized spacial score (nSPS) is 18.6. The van der Waals surface area contributed by atoms with Gasteiger partial charge in [0.15, 0.2) is 5.78 Å². The summed E-state index contributed by atoms with van der Waals surface area (Å²) in [4.78, 5) is 23.6. The van der Waals surface area contributed by atoms with E-state index in [4.69, 9.17) is 0 Å². The third-order valence-electron chi connectivity index (χ3n) is 5.09. The van der Waals surface area contributed by atoms with Crippen LogP contribution in [0.2, 0.25) is 0 Å². The van der Waals surface area contributed by atoms with E-state index in [9.17, 15) is 14.7 Å². The average Bonchev–Trinajstić information content (AvgIpc) is 3.08. The van der Waals surface area contributed by atoms with E-state index in [1.54, 1.807) is 6.08 Å². The predicted molar refractivity (Wildman–Crippen MR) is 117 cm³/mol. The van der Waals surface area contributed by atoms with Crippen molar-refractivity contribution >= 4 is 11.7 Å². The molecular formula is C25H33NO3. The summed E-state index contributed by atoms with van der Waals surface area (Å²) < 4.78 is 0. The minimum absolute atomic E-state index is 0.0508. The number of nitrogens with one attached hydrogen (secondary N) is 1. The van der Waals surface area contributed by atoms with E-state index in [1.807, 2.05) is 37.3 Å². The Balaban J connectivity index is 1.73. The van der Waals surface area contributed by atoms with E-state index in [-0.39, 0.29) is 17.6 Å². The largest absolute Gasteiger partial charge is 0.393 e. The standard InChI is InChI=1S/C25H33NO3/c1-2-26-25(29)13-9-4-3-8-12-21-15-19-24(28)23(21)18-17-22(27)16-14-20-10-6-5-7-11-20/h3,5-8,10-11,15,18-19,21-22,27H,2,4,9,12-14,16-17H2,1H3,(H,26,29)/b8-3-,23-18+. The second-order valence-corrected chi connectivity index (χ2v) is 7.46. The summed E-state index contributed by atoms with van der Waals surface area (Å²) in [5.41, 5.74) is 2.00. The molecule has 4 heteroatoms. The summed E-state index contributed by atoms with van der Waals surface area (Å²) in [6.07, 6.45) is 14.3. The third-order valence-corrected chi connectivity index (χ3v) is 5.09. The monoisotopic (exact) mass is 395 g/mol. The van der Waals surface area contributed by atoms with E-state index in [1.165, 1.54) is 5.56 Å². The van der Waals surface area contributed by atoms with E-state index in [0.717, 1.165) is 31.3 Å². The van der Waals surface area contributed by atoms with Crippen LogP contribution in [0.25, 0.3) is 0 Å². The fourth-order valence-corrected chi connectivity index (χ4v) is 3.43. The fourth-order valence-electron chi connectivity index (χ4n) is 3.43. The third kappa shape index (κ3) is 8.61. The topological polar surface area (TPSA) is 66.4 Å². The molecule has 0 saturated heterocycles. The summed E-state index contributed by atoms with van der Waals surface area (Å²) in [6.45, 7) is 2.59. The first-order valence-corrected chi connectivity index (χ1v) is 10.7. The van der Waals surface area contributed by atoms with Gasteiger partial charge < -0.3 is 10.4 Å². The van der Waals surface area contributed by atoms with Crippen LogP contribution < -0.4 is 5.32 Å². The lowest BCUT2D eigenvalue weighted by molar-refractivity contribution is -0.121. The molecule has 0 bridgehead atoms. The van der Waals surface area contributed by atoms with Crippen molar-refractivity contribution in [2.45, 2.75) is 58.0 Å². The van der Waals surface area contributed by atoms with E-state index >= 15 is 0 Å². The van der Waals surface area contributed by atoms with Crippen molar-refractivity contribution in [2.75, 3.05) is 6.54 Å². The molecule has 2 atom stereocenters. The van der Waals surface area contributed by atoms with Crippen molar-refractivity contribution in [1.29, 1.82) is 0 Å². The smallest absolute Gasteiger partial charge is 0.219 e. The highest BCUT2D eigenvalue weighted by Gasteiger charge is 2.21. The molecule has 1 amide bonds. The van der Waals surface area contributed by atoms with Crippen LogP contribution in [0.5, 0.6) is 0 Å². The van der Waals surface area contributed by atoms with Gasteiger partial charge in [-0.25, -0.2) is 0 Å². The van der Waals surface area contributed by atoms with Crippen molar-refractivity contribution in [3.63, 3.8) is 0 Å². The van der Waals surface area contributed by atoms with Gasteiger partial charge in [0.1, 0.15) is 0 Å². The molecule has 1 aliphatic rings. The summed E-state index contributed by atoms with van der Waals surface area (Å²) in [6, 6.07) is 10.1. The molecule has 4 nitrogen and oxygen atoms in total. The fraction of sp³-hybridized carbons (Fsp3) is 0.440. The van der Waals surface area contributed by atoms with Gasteiger partial charge in [0.25, 0.3) is 0 Å². The summed E-state index contributed by atoms with van der Waals surface area (Å²) >= 11 is 0. The van der Waals surface area contributed by atoms with Crippen LogP contribution in [-0.4, -0.2) is 29.4 Å². The van der Waals surface area contributed by atoms with Crippen molar-refractivity contribution in [1.82, 2.24) is 5.32 Å². The molecule has 0 aliphatic heterocycles. The first-order chi connectivity index (χ1) is 14.1. The molecule has 0 heterocycles. The van der Waals surface area contributed by atoms with Gasteiger partial charge in [-0.3, -0.25) is 9.59 Å². The Morgan fingerprint density at radius 3 is 2.79 bits per heavy atom. The van der Waals surface area contributed by atoms with Crippen molar-refractivity contribution in [2.24, 2.45) is 5.92 Å². The Kier molecular flexibility index (Phi) is 10.1. The first-order valence-electron chi connectivity index (χ1n) is 10.7. The number of aliphatic hydroxyl groups is 1. The van der Waals surface area contributed by atoms with Gasteiger partial charge in [0, 0.05) is 24.5 Å². The lowest BCUT2D eigenvalue weighted by Gasteiger charge is -2.11. The number of hydrogen-bond donors (Lipinski definition) is 2. The van der Waals surface area contributed by atoms with Crippen LogP contribution in [0, 0.1) is 5.92 Å². The number of aryl methyl sites for hydroxylation is 1. The highest BCUT2D eigenvalue weighted by atomic mass is 16.3. The van der Waals surface area contributed by atoms with Crippen molar-refractivity contribution < 1.29 is 14.7 Å². The second-order valence-electron chi connectivity index (χ2n) is 7.46. The lowest BCUT2D eigenvalue weighted by atomic mass is 9.95. The number of aliphatic hydroxyl groups excluding tert-OH is 1. The number of benzene rings is 1. The number of hydrogen-bond acceptors (Lipinski definition) is 3. The molecule has 0 fully saturated rings. The van der Waals surface area contributed by atoms with E-state index in [2.05, 4.69) is 29.6 Å². The van der Waals surface area contributed by atoms with Gasteiger partial charge in [0.2, 0.25) is 5.91 Å². The predicted octanol–water partition coefficient (Wildman–Crippen LogP) is 4.30. The SMILES string of the molecule is CCNC(=O)CCC/C=C\CC1C=CC(=O)/C1=C/CC(O)CCc1ccccc1. The van der Waals surface area contributed by atoms with E-state index < -0.39 is 6.10 Å². The highest BCUT2D eigenvalue weighted by Crippen LogP contribution is 2.26. The van der Waals surface area contributed by atoms with Gasteiger partial charge in [-0.05, 0) is 57.1 Å². The van der Waals surface area contributed by atoms with Gasteiger partial charge in [-0.2, -0.15) is 0 Å². The number of carbonyl (C=O) groups excluding carboxylic acids is 2. The van der Waals surface area contributed by atoms with Crippen LogP contribution in [0.3, 0.4) is 0 Å². The zero-order valence-corrected chi connectivity index (χ0v) is 17.3. The molecule has 2 unspecified atom stereocenters. The molecule has 2 rings (SSSR count). The molecule has 0 saturated carbocycles. The molecule has 0 radical (unpaired) electrons. The molecule has 2 N–H and O–H groups in total. The number of rotatable bonds is 12. The Labute approximate surface area is 174 Å². The highest BCUT2D eigenvalue weighted by molar-refractivity contribution is 6.07. The number of carbonyl (C=O) groups is 2. The molecule has 29 heavy (non-hydrogen) atoms.